The molecule has 0 bridgehead atoms. The summed E-state index contributed by atoms with van der Waals surface area (Å²) in [5.41, 5.74) is 8.02. The topological polar surface area (TPSA) is 78.4 Å². The van der Waals surface area contributed by atoms with Crippen LogP contribution in [0.2, 0.25) is 0 Å². The van der Waals surface area contributed by atoms with Gasteiger partial charge in [0.1, 0.15) is 5.82 Å². The van der Waals surface area contributed by atoms with E-state index in [1.54, 1.807) is 0 Å². The van der Waals surface area contributed by atoms with Crippen LogP contribution in [0.4, 0.5) is 5.82 Å². The molecular formula is C23H26N8. The molecule has 3 aromatic heterocycles. The van der Waals surface area contributed by atoms with Crippen molar-refractivity contribution in [1.82, 2.24) is 34.6 Å². The highest BCUT2D eigenvalue weighted by atomic mass is 15.4. The Morgan fingerprint density at radius 2 is 1.94 bits per heavy atom. The van der Waals surface area contributed by atoms with Crippen LogP contribution in [0, 0.1) is 6.92 Å². The molecule has 6 rings (SSSR count). The molecule has 1 aliphatic heterocycles. The van der Waals surface area contributed by atoms with Gasteiger partial charge in [-0.2, -0.15) is 10.2 Å². The van der Waals surface area contributed by atoms with Crippen LogP contribution in [0.25, 0.3) is 22.4 Å². The number of hydrogen-bond donors (Lipinski definition) is 1. The fraction of sp³-hybridized carbons (Fsp3) is 0.391. The van der Waals surface area contributed by atoms with E-state index in [0.717, 1.165) is 35.7 Å². The standard InChI is InChI=1S/C23H26N8/c1-14-23-18-7-6-16(17-12-24-29(2)13-17)10-19(18)20(8-9-31(23)28-26-14)25-22-11-21(15-4-5-15)27-30(22)3/h6-7,10-13,15,20,25H,4-5,8-9H2,1-3H3. The van der Waals surface area contributed by atoms with Crippen molar-refractivity contribution < 1.29 is 0 Å². The lowest BCUT2D eigenvalue weighted by atomic mass is 9.93. The lowest BCUT2D eigenvalue weighted by Crippen LogP contribution is -2.15. The number of nitrogens with zero attached hydrogens (tertiary/aromatic N) is 7. The number of rotatable bonds is 4. The van der Waals surface area contributed by atoms with Gasteiger partial charge in [-0.1, -0.05) is 17.3 Å². The average molecular weight is 415 g/mol. The van der Waals surface area contributed by atoms with Crippen LogP contribution in [0.15, 0.2) is 36.7 Å². The molecule has 0 radical (unpaired) electrons. The minimum atomic E-state index is 0.148. The molecule has 1 atom stereocenters. The van der Waals surface area contributed by atoms with Crippen LogP contribution >= 0.6 is 0 Å². The van der Waals surface area contributed by atoms with Gasteiger partial charge < -0.3 is 5.32 Å². The Labute approximate surface area is 180 Å². The summed E-state index contributed by atoms with van der Waals surface area (Å²) in [5, 5.41) is 21.6. The average Bonchev–Trinajstić information content (AvgIpc) is 3.32. The number of hydrogen-bond acceptors (Lipinski definition) is 5. The third kappa shape index (κ3) is 3.13. The normalized spacial score (nSPS) is 17.8. The van der Waals surface area contributed by atoms with Crippen LogP contribution < -0.4 is 5.32 Å². The summed E-state index contributed by atoms with van der Waals surface area (Å²) in [4.78, 5) is 0. The lowest BCUT2D eigenvalue weighted by molar-refractivity contribution is 0.537. The summed E-state index contributed by atoms with van der Waals surface area (Å²) in [6, 6.07) is 9.04. The van der Waals surface area contributed by atoms with Gasteiger partial charge in [0.05, 0.1) is 29.3 Å². The van der Waals surface area contributed by atoms with E-state index in [1.165, 1.54) is 35.2 Å². The van der Waals surface area contributed by atoms with E-state index in [1.807, 2.05) is 41.3 Å². The number of aryl methyl sites for hydroxylation is 4. The van der Waals surface area contributed by atoms with Gasteiger partial charge in [-0.05, 0) is 43.4 Å². The summed E-state index contributed by atoms with van der Waals surface area (Å²) in [5.74, 6) is 1.71. The molecular weight excluding hydrogens is 388 g/mol. The minimum Gasteiger partial charge on any atom is -0.363 e. The Morgan fingerprint density at radius 1 is 1.06 bits per heavy atom. The third-order valence-corrected chi connectivity index (χ3v) is 6.47. The maximum Gasteiger partial charge on any atom is 0.124 e. The monoisotopic (exact) mass is 414 g/mol. The summed E-state index contributed by atoms with van der Waals surface area (Å²) < 4.78 is 5.86. The molecule has 1 N–H and O–H groups in total. The molecule has 0 saturated heterocycles. The highest BCUT2D eigenvalue weighted by Gasteiger charge is 2.29. The molecule has 1 fully saturated rings. The predicted octanol–water partition coefficient (Wildman–Crippen LogP) is 3.82. The molecule has 0 spiro atoms. The lowest BCUT2D eigenvalue weighted by Gasteiger charge is -2.21. The molecule has 1 saturated carbocycles. The zero-order valence-electron chi connectivity index (χ0n) is 18.1. The van der Waals surface area contributed by atoms with Crippen molar-refractivity contribution in [2.75, 3.05) is 5.32 Å². The summed E-state index contributed by atoms with van der Waals surface area (Å²) in [7, 11) is 3.97. The van der Waals surface area contributed by atoms with Crippen molar-refractivity contribution in [2.24, 2.45) is 14.1 Å². The van der Waals surface area contributed by atoms with Gasteiger partial charge in [0.25, 0.3) is 0 Å². The maximum atomic E-state index is 4.74. The molecule has 2 aliphatic rings. The van der Waals surface area contributed by atoms with Crippen LogP contribution in [0.1, 0.15) is 48.2 Å². The second kappa shape index (κ2) is 6.80. The Bertz CT molecular complexity index is 1270. The predicted molar refractivity (Wildman–Crippen MR) is 119 cm³/mol. The molecule has 4 heterocycles. The molecule has 31 heavy (non-hydrogen) atoms. The molecule has 158 valence electrons. The number of benzene rings is 1. The molecule has 4 aromatic rings. The van der Waals surface area contributed by atoms with Gasteiger partial charge in [-0.25, -0.2) is 4.68 Å². The van der Waals surface area contributed by atoms with Crippen LogP contribution in [-0.2, 0) is 20.6 Å². The Kier molecular flexibility index (Phi) is 4.03. The van der Waals surface area contributed by atoms with E-state index < -0.39 is 0 Å². The van der Waals surface area contributed by atoms with Gasteiger partial charge in [0.15, 0.2) is 0 Å². The van der Waals surface area contributed by atoms with Crippen molar-refractivity contribution in [1.29, 1.82) is 0 Å². The van der Waals surface area contributed by atoms with Crippen molar-refractivity contribution in [2.45, 2.75) is 44.7 Å². The number of fused-ring (bicyclic) bond motifs is 3. The molecule has 1 aromatic carbocycles. The zero-order chi connectivity index (χ0) is 21.1. The van der Waals surface area contributed by atoms with Crippen molar-refractivity contribution in [3.63, 3.8) is 0 Å². The Hall–Kier alpha value is -3.42. The molecule has 8 nitrogen and oxygen atoms in total. The highest BCUT2D eigenvalue weighted by molar-refractivity contribution is 5.74. The highest BCUT2D eigenvalue weighted by Crippen LogP contribution is 2.42. The fourth-order valence-electron chi connectivity index (χ4n) is 4.65. The summed E-state index contributed by atoms with van der Waals surface area (Å²) in [6.45, 7) is 2.85. The molecule has 1 aliphatic carbocycles. The van der Waals surface area contributed by atoms with Gasteiger partial charge in [0, 0.05) is 49.9 Å². The number of anilines is 1. The van der Waals surface area contributed by atoms with Gasteiger partial charge in [0.2, 0.25) is 0 Å². The van der Waals surface area contributed by atoms with Crippen LogP contribution in [0.3, 0.4) is 0 Å². The zero-order valence-corrected chi connectivity index (χ0v) is 18.1. The second-order valence-corrected chi connectivity index (χ2v) is 8.79. The Morgan fingerprint density at radius 3 is 2.71 bits per heavy atom. The minimum absolute atomic E-state index is 0.148. The summed E-state index contributed by atoms with van der Waals surface area (Å²) in [6.07, 6.45) is 7.40. The second-order valence-electron chi connectivity index (χ2n) is 8.79. The molecule has 1 unspecified atom stereocenters. The maximum absolute atomic E-state index is 4.74. The van der Waals surface area contributed by atoms with E-state index >= 15 is 0 Å². The van der Waals surface area contributed by atoms with E-state index in [-0.39, 0.29) is 6.04 Å². The first-order valence-corrected chi connectivity index (χ1v) is 10.9. The van der Waals surface area contributed by atoms with Gasteiger partial charge >= 0.3 is 0 Å². The van der Waals surface area contributed by atoms with E-state index in [2.05, 4.69) is 51.2 Å². The van der Waals surface area contributed by atoms with Crippen molar-refractivity contribution in [3.05, 3.63) is 53.6 Å². The van der Waals surface area contributed by atoms with E-state index in [4.69, 9.17) is 5.10 Å². The molecule has 8 heteroatoms. The van der Waals surface area contributed by atoms with Gasteiger partial charge in [-0.3, -0.25) is 9.36 Å². The quantitative estimate of drug-likeness (QED) is 0.549. The van der Waals surface area contributed by atoms with Crippen LogP contribution in [-0.4, -0.2) is 34.6 Å². The van der Waals surface area contributed by atoms with Crippen molar-refractivity contribution in [3.8, 4) is 22.4 Å². The Balaban J connectivity index is 1.45. The third-order valence-electron chi connectivity index (χ3n) is 6.47. The number of nitrogens with one attached hydrogen (secondary N) is 1. The van der Waals surface area contributed by atoms with Crippen LogP contribution in [0.5, 0.6) is 0 Å². The summed E-state index contributed by atoms with van der Waals surface area (Å²) >= 11 is 0. The van der Waals surface area contributed by atoms with E-state index in [0.29, 0.717) is 5.92 Å². The largest absolute Gasteiger partial charge is 0.363 e. The smallest absolute Gasteiger partial charge is 0.124 e. The first kappa shape index (κ1) is 18.4. The fourth-order valence-corrected chi connectivity index (χ4v) is 4.65. The SMILES string of the molecule is Cc1nnn2c1-c1ccc(-c3cnn(C)c3)cc1C(Nc1cc(C3CC3)nn1C)CC2. The first-order valence-electron chi connectivity index (χ1n) is 10.9. The number of aromatic nitrogens is 7. The van der Waals surface area contributed by atoms with Gasteiger partial charge in [-0.15, -0.1) is 5.10 Å². The van der Waals surface area contributed by atoms with E-state index in [9.17, 15) is 0 Å². The van der Waals surface area contributed by atoms with Crippen molar-refractivity contribution >= 4 is 5.82 Å². The first-order chi connectivity index (χ1) is 15.1. The molecule has 0 amide bonds.